The minimum Gasteiger partial charge on any atom is -0.481 e. The van der Waals surface area contributed by atoms with Crippen LogP contribution in [0.5, 0.6) is 5.88 Å². The summed E-state index contributed by atoms with van der Waals surface area (Å²) in [5.74, 6) is -0.165. The normalized spacial score (nSPS) is 16.7. The zero-order valence-corrected chi connectivity index (χ0v) is 24.4. The third-order valence-corrected chi connectivity index (χ3v) is 7.89. The Morgan fingerprint density at radius 3 is 2.60 bits per heavy atom. The fourth-order valence-corrected chi connectivity index (χ4v) is 5.37. The minimum atomic E-state index is -0.603. The van der Waals surface area contributed by atoms with Gasteiger partial charge in [-0.05, 0) is 24.6 Å². The van der Waals surface area contributed by atoms with Crippen LogP contribution >= 0.6 is 23.2 Å². The molecule has 1 aliphatic heterocycles. The number of pyridine rings is 1. The van der Waals surface area contributed by atoms with Crippen LogP contribution in [0.2, 0.25) is 10.0 Å². The van der Waals surface area contributed by atoms with Crippen molar-refractivity contribution < 1.29 is 19.4 Å². The molecule has 0 aliphatic carbocycles. The van der Waals surface area contributed by atoms with Gasteiger partial charge in [-0.2, -0.15) is 5.10 Å². The molecule has 2 aromatic heterocycles. The third-order valence-electron chi connectivity index (χ3n) is 7.08. The number of carbonyl (C=O) groups excluding carboxylic acids is 1. The lowest BCUT2D eigenvalue weighted by Gasteiger charge is -2.28. The third kappa shape index (κ3) is 6.18. The number of methoxy groups -OCH3 is 1. The number of hydrogen-bond acceptors (Lipinski definition) is 8. The number of nitrogens with zero attached hydrogens (tertiary/aromatic N) is 3. The number of aromatic nitrogens is 3. The lowest BCUT2D eigenvalue weighted by Crippen LogP contribution is -2.46. The number of amides is 1. The Bertz CT molecular complexity index is 1680. The number of carbonyl (C=O) groups is 1. The van der Waals surface area contributed by atoms with Crippen LogP contribution in [0.15, 0.2) is 65.6 Å². The minimum absolute atomic E-state index is 0.0587. The molecule has 0 bridgehead atoms. The van der Waals surface area contributed by atoms with E-state index in [4.69, 9.17) is 37.7 Å². The van der Waals surface area contributed by atoms with Crippen molar-refractivity contribution in [2.75, 3.05) is 25.6 Å². The van der Waals surface area contributed by atoms with Crippen molar-refractivity contribution in [3.8, 4) is 28.3 Å². The number of ether oxygens (including phenoxy) is 2. The molecule has 1 saturated heterocycles. The number of halogens is 2. The molecule has 2 aromatic carbocycles. The van der Waals surface area contributed by atoms with E-state index in [-0.39, 0.29) is 16.6 Å². The first-order valence-electron chi connectivity index (χ1n) is 13.2. The zero-order valence-electron chi connectivity index (χ0n) is 22.9. The monoisotopic (exact) mass is 609 g/mol. The number of aliphatic hydroxyl groups excluding tert-OH is 1. The van der Waals surface area contributed by atoms with Crippen LogP contribution in [0.4, 0.5) is 5.69 Å². The van der Waals surface area contributed by atoms with E-state index in [1.807, 2.05) is 30.3 Å². The summed E-state index contributed by atoms with van der Waals surface area (Å²) in [6, 6.07) is 15.7. The molecule has 1 amide bonds. The molecule has 12 heteroatoms. The topological polar surface area (TPSA) is 128 Å². The molecule has 3 N–H and O–H groups in total. The molecule has 0 radical (unpaired) electrons. The van der Waals surface area contributed by atoms with Crippen molar-refractivity contribution in [3.63, 3.8) is 0 Å². The molecule has 5 rings (SSSR count). The number of benzene rings is 2. The standard InChI is InChI=1S/C30H29Cl2N5O5/c1-37-30(40)21(11-13-34-37)28(39)35-24-8-4-6-19(27(24)32)18-5-3-7-20(26(18)31)22-10-9-17(29(36-22)41-2)15-33-23-12-14-42-16-25(23)38/h3-11,13,23,25,33,38H,12,14-16H2,1-2H3,(H,35,39)/t23-,25-/m1/s1. The summed E-state index contributed by atoms with van der Waals surface area (Å²) >= 11 is 13.7. The highest BCUT2D eigenvalue weighted by Gasteiger charge is 2.24. The predicted molar refractivity (Wildman–Crippen MR) is 161 cm³/mol. The van der Waals surface area contributed by atoms with E-state index in [0.29, 0.717) is 65.2 Å². The summed E-state index contributed by atoms with van der Waals surface area (Å²) in [5.41, 5.74) is 3.07. The van der Waals surface area contributed by atoms with Crippen LogP contribution in [0, 0.1) is 0 Å². The molecular weight excluding hydrogens is 581 g/mol. The van der Waals surface area contributed by atoms with Crippen LogP contribution in [-0.2, 0) is 18.3 Å². The Morgan fingerprint density at radius 2 is 1.83 bits per heavy atom. The molecule has 10 nitrogen and oxygen atoms in total. The average Bonchev–Trinajstić information content (AvgIpc) is 2.99. The van der Waals surface area contributed by atoms with Gasteiger partial charge in [0, 0.05) is 54.7 Å². The van der Waals surface area contributed by atoms with Crippen LogP contribution < -0.4 is 20.9 Å². The van der Waals surface area contributed by atoms with Crippen LogP contribution in [0.3, 0.4) is 0 Å². The maximum absolute atomic E-state index is 12.9. The first-order valence-corrected chi connectivity index (χ1v) is 14.0. The molecule has 3 heterocycles. The number of nitrogens with one attached hydrogen (secondary N) is 2. The Kier molecular flexibility index (Phi) is 9.20. The van der Waals surface area contributed by atoms with Crippen LogP contribution in [-0.4, -0.2) is 58.2 Å². The number of aryl methyl sites for hydroxylation is 1. The van der Waals surface area contributed by atoms with Gasteiger partial charge in [-0.15, -0.1) is 0 Å². The summed E-state index contributed by atoms with van der Waals surface area (Å²) in [7, 11) is 3.02. The van der Waals surface area contributed by atoms with Crippen molar-refractivity contribution in [2.45, 2.75) is 25.1 Å². The van der Waals surface area contributed by atoms with Crippen LogP contribution in [0.1, 0.15) is 22.3 Å². The lowest BCUT2D eigenvalue weighted by atomic mass is 10.00. The Labute approximate surface area is 252 Å². The van der Waals surface area contributed by atoms with Crippen molar-refractivity contribution >= 4 is 34.8 Å². The van der Waals surface area contributed by atoms with Gasteiger partial charge in [-0.1, -0.05) is 59.6 Å². The number of aliphatic hydroxyl groups is 1. The quantitative estimate of drug-likeness (QED) is 0.269. The van der Waals surface area contributed by atoms with E-state index in [1.54, 1.807) is 25.3 Å². The predicted octanol–water partition coefficient (Wildman–Crippen LogP) is 4.32. The van der Waals surface area contributed by atoms with Crippen molar-refractivity contribution in [1.82, 2.24) is 20.1 Å². The van der Waals surface area contributed by atoms with Crippen LogP contribution in [0.25, 0.3) is 22.4 Å². The maximum atomic E-state index is 12.9. The summed E-state index contributed by atoms with van der Waals surface area (Å²) < 4.78 is 12.0. The van der Waals surface area contributed by atoms with Gasteiger partial charge in [0.25, 0.3) is 11.5 Å². The number of anilines is 1. The Hall–Kier alpha value is -3.80. The molecule has 2 atom stereocenters. The highest BCUT2D eigenvalue weighted by Crippen LogP contribution is 2.41. The number of hydrogen-bond donors (Lipinski definition) is 3. The second-order valence-corrected chi connectivity index (χ2v) is 10.5. The number of rotatable bonds is 8. The lowest BCUT2D eigenvalue weighted by molar-refractivity contribution is -0.0281. The smallest absolute Gasteiger partial charge is 0.279 e. The summed E-state index contributed by atoms with van der Waals surface area (Å²) in [4.78, 5) is 29.9. The molecule has 1 aliphatic rings. The Morgan fingerprint density at radius 1 is 1.10 bits per heavy atom. The van der Waals surface area contributed by atoms with Gasteiger partial charge in [0.2, 0.25) is 5.88 Å². The fourth-order valence-electron chi connectivity index (χ4n) is 4.78. The average molecular weight is 610 g/mol. The first kappa shape index (κ1) is 29.7. The van der Waals surface area contributed by atoms with Gasteiger partial charge >= 0.3 is 0 Å². The van der Waals surface area contributed by atoms with Gasteiger partial charge in [0.1, 0.15) is 5.56 Å². The van der Waals surface area contributed by atoms with Crippen molar-refractivity contribution in [2.24, 2.45) is 7.05 Å². The molecule has 0 unspecified atom stereocenters. The molecule has 218 valence electrons. The first-order chi connectivity index (χ1) is 20.3. The van der Waals surface area contributed by atoms with E-state index < -0.39 is 17.6 Å². The fraction of sp³-hybridized carbons (Fsp3) is 0.267. The SMILES string of the molecule is COc1nc(-c2cccc(-c3cccc(NC(=O)c4ccnn(C)c4=O)c3Cl)c2Cl)ccc1CN[C@@H]1CCOC[C@H]1O. The highest BCUT2D eigenvalue weighted by molar-refractivity contribution is 6.39. The summed E-state index contributed by atoms with van der Waals surface area (Å²) in [6.07, 6.45) is 1.52. The second kappa shape index (κ2) is 13.0. The summed E-state index contributed by atoms with van der Waals surface area (Å²) in [6.45, 7) is 1.37. The van der Waals surface area contributed by atoms with Gasteiger partial charge in [0.15, 0.2) is 0 Å². The van der Waals surface area contributed by atoms with Crippen molar-refractivity contribution in [1.29, 1.82) is 0 Å². The molecule has 4 aromatic rings. The van der Waals surface area contributed by atoms with E-state index >= 15 is 0 Å². The summed E-state index contributed by atoms with van der Waals surface area (Å²) in [5, 5.41) is 20.8. The van der Waals surface area contributed by atoms with Gasteiger partial charge in [0.05, 0.1) is 41.2 Å². The van der Waals surface area contributed by atoms with Gasteiger partial charge < -0.3 is 25.2 Å². The second-order valence-electron chi connectivity index (χ2n) is 9.75. The molecule has 1 fully saturated rings. The van der Waals surface area contributed by atoms with E-state index in [1.165, 1.54) is 19.3 Å². The Balaban J connectivity index is 1.41. The van der Waals surface area contributed by atoms with E-state index in [2.05, 4.69) is 15.7 Å². The largest absolute Gasteiger partial charge is 0.481 e. The molecular formula is C30H29Cl2N5O5. The molecule has 0 saturated carbocycles. The van der Waals surface area contributed by atoms with Gasteiger partial charge in [-0.25, -0.2) is 9.67 Å². The molecule has 42 heavy (non-hydrogen) atoms. The highest BCUT2D eigenvalue weighted by atomic mass is 35.5. The van der Waals surface area contributed by atoms with Crippen molar-refractivity contribution in [3.05, 3.63) is 92.3 Å². The van der Waals surface area contributed by atoms with E-state index in [9.17, 15) is 14.7 Å². The van der Waals surface area contributed by atoms with Gasteiger partial charge in [-0.3, -0.25) is 9.59 Å². The van der Waals surface area contributed by atoms with E-state index in [0.717, 1.165) is 10.2 Å². The molecule has 0 spiro atoms. The zero-order chi connectivity index (χ0) is 29.8. The maximum Gasteiger partial charge on any atom is 0.279 e.